The van der Waals surface area contributed by atoms with E-state index in [1.54, 1.807) is 0 Å². The summed E-state index contributed by atoms with van der Waals surface area (Å²) in [6, 6.07) is 7.02. The molecule has 4 aromatic rings. The summed E-state index contributed by atoms with van der Waals surface area (Å²) in [5.74, 6) is 1.70. The van der Waals surface area contributed by atoms with Gasteiger partial charge in [-0.25, -0.2) is 13.2 Å². The van der Waals surface area contributed by atoms with E-state index in [1.165, 1.54) is 36.8 Å². The van der Waals surface area contributed by atoms with Crippen LogP contribution in [0.3, 0.4) is 0 Å². The number of phenols is 1. The molecule has 1 aromatic heterocycles. The van der Waals surface area contributed by atoms with E-state index < -0.39 is 23.0 Å². The average molecular weight is 626 g/mol. The lowest BCUT2D eigenvalue weighted by molar-refractivity contribution is 0.163. The molecule has 5 aliphatic rings. The molecule has 4 unspecified atom stereocenters. The van der Waals surface area contributed by atoms with E-state index in [2.05, 4.69) is 26.0 Å². The van der Waals surface area contributed by atoms with Crippen molar-refractivity contribution in [2.75, 3.05) is 44.2 Å². The summed E-state index contributed by atoms with van der Waals surface area (Å²) in [5, 5.41) is 14.9. The Labute approximate surface area is 264 Å². The highest BCUT2D eigenvalue weighted by Gasteiger charge is 2.51. The lowest BCUT2D eigenvalue weighted by atomic mass is 9.92. The number of fused-ring (bicyclic) bond motifs is 5. The Morgan fingerprint density at radius 2 is 1.76 bits per heavy atom. The van der Waals surface area contributed by atoms with Crippen LogP contribution in [-0.2, 0) is 0 Å². The molecule has 4 atom stereocenters. The molecule has 3 aliphatic heterocycles. The molecule has 7 nitrogen and oxygen atoms in total. The summed E-state index contributed by atoms with van der Waals surface area (Å²) >= 11 is 0. The minimum Gasteiger partial charge on any atom is -0.508 e. The van der Waals surface area contributed by atoms with Crippen LogP contribution in [0, 0.1) is 47.0 Å². The Kier molecular flexibility index (Phi) is 6.26. The molecule has 0 radical (unpaired) electrons. The van der Waals surface area contributed by atoms with E-state index in [1.807, 2.05) is 0 Å². The monoisotopic (exact) mass is 625 g/mol. The molecule has 10 heteroatoms. The molecule has 5 fully saturated rings. The van der Waals surface area contributed by atoms with Crippen LogP contribution in [0.4, 0.5) is 19.0 Å². The highest BCUT2D eigenvalue weighted by Crippen LogP contribution is 2.51. The lowest BCUT2D eigenvalue weighted by Crippen LogP contribution is -2.51. The van der Waals surface area contributed by atoms with Gasteiger partial charge < -0.3 is 25.0 Å². The summed E-state index contributed by atoms with van der Waals surface area (Å²) in [4.78, 5) is 14.0. The van der Waals surface area contributed by atoms with Gasteiger partial charge in [-0.2, -0.15) is 9.97 Å². The molecule has 3 aromatic carbocycles. The Morgan fingerprint density at radius 1 is 1.00 bits per heavy atom. The topological polar surface area (TPSA) is 73.8 Å². The summed E-state index contributed by atoms with van der Waals surface area (Å²) in [7, 11) is 0. The van der Waals surface area contributed by atoms with Crippen molar-refractivity contribution in [3.05, 3.63) is 53.3 Å². The van der Waals surface area contributed by atoms with E-state index in [-0.39, 0.29) is 56.7 Å². The number of anilines is 1. The molecule has 2 bridgehead atoms. The second-order valence-electron chi connectivity index (χ2n) is 14.2. The first-order valence-corrected chi connectivity index (χ1v) is 16.3. The summed E-state index contributed by atoms with van der Waals surface area (Å²) < 4.78 is 54.2. The van der Waals surface area contributed by atoms with Gasteiger partial charge in [0.25, 0.3) is 0 Å². The Hall–Kier alpha value is -4.07. The number of hydrogen-bond donors (Lipinski definition) is 2. The number of ether oxygens (including phenoxy) is 1. The minimum atomic E-state index is -0.946. The van der Waals surface area contributed by atoms with Crippen LogP contribution in [0.2, 0.25) is 0 Å². The molecule has 236 valence electrons. The first kappa shape index (κ1) is 28.2. The highest BCUT2D eigenvalue weighted by molar-refractivity contribution is 6.04. The van der Waals surface area contributed by atoms with Crippen molar-refractivity contribution in [1.82, 2.24) is 20.2 Å². The van der Waals surface area contributed by atoms with Gasteiger partial charge in [0.15, 0.2) is 5.82 Å². The number of aromatic nitrogens is 2. The minimum absolute atomic E-state index is 0.0338. The third-order valence-corrected chi connectivity index (χ3v) is 10.9. The van der Waals surface area contributed by atoms with Crippen LogP contribution >= 0.6 is 0 Å². The normalized spacial score (nSPS) is 26.0. The van der Waals surface area contributed by atoms with Crippen molar-refractivity contribution in [2.24, 2.45) is 17.3 Å². The van der Waals surface area contributed by atoms with Crippen LogP contribution in [0.1, 0.15) is 37.7 Å². The predicted molar refractivity (Wildman–Crippen MR) is 169 cm³/mol. The number of nitrogens with one attached hydrogen (secondary N) is 1. The predicted octanol–water partition coefficient (Wildman–Crippen LogP) is 5.61. The van der Waals surface area contributed by atoms with Crippen molar-refractivity contribution in [1.29, 1.82) is 0 Å². The molecule has 3 saturated heterocycles. The Balaban J connectivity index is 1.16. The molecule has 0 amide bonds. The summed E-state index contributed by atoms with van der Waals surface area (Å²) in [6.07, 6.45) is 11.2. The van der Waals surface area contributed by atoms with Crippen molar-refractivity contribution in [3.8, 4) is 35.2 Å². The fraction of sp³-hybridized carbons (Fsp3) is 0.444. The zero-order valence-corrected chi connectivity index (χ0v) is 25.3. The van der Waals surface area contributed by atoms with Gasteiger partial charge in [-0.05, 0) is 73.6 Å². The second kappa shape index (κ2) is 10.2. The van der Waals surface area contributed by atoms with Gasteiger partial charge >= 0.3 is 6.01 Å². The third kappa shape index (κ3) is 4.66. The van der Waals surface area contributed by atoms with E-state index in [9.17, 15) is 9.50 Å². The number of piperazine rings is 1. The number of phenolic OH excluding ortho intramolecular Hbond substituents is 1. The van der Waals surface area contributed by atoms with Crippen LogP contribution in [0.5, 0.6) is 11.8 Å². The number of nitrogens with zero attached hydrogens (tertiary/aromatic N) is 4. The number of rotatable bonds is 7. The zero-order valence-electron chi connectivity index (χ0n) is 25.3. The van der Waals surface area contributed by atoms with Crippen molar-refractivity contribution >= 4 is 27.5 Å². The summed E-state index contributed by atoms with van der Waals surface area (Å²) in [6.45, 7) is 5.01. The zero-order chi connectivity index (χ0) is 31.3. The second-order valence-corrected chi connectivity index (χ2v) is 14.2. The third-order valence-electron chi connectivity index (χ3n) is 10.9. The molecule has 2 aliphatic carbocycles. The first-order valence-electron chi connectivity index (χ1n) is 16.3. The number of aromatic hydroxyl groups is 1. The smallest absolute Gasteiger partial charge is 0.319 e. The average Bonchev–Trinajstić information content (AvgIpc) is 3.91. The van der Waals surface area contributed by atoms with Crippen LogP contribution in [0.15, 0.2) is 30.3 Å². The fourth-order valence-electron chi connectivity index (χ4n) is 8.29. The molecule has 0 spiro atoms. The van der Waals surface area contributed by atoms with E-state index in [0.29, 0.717) is 30.9 Å². The van der Waals surface area contributed by atoms with Gasteiger partial charge in [0.1, 0.15) is 28.7 Å². The van der Waals surface area contributed by atoms with Gasteiger partial charge in [0.05, 0.1) is 17.7 Å². The number of likely N-dealkylation sites (tertiary alicyclic amines) is 1. The van der Waals surface area contributed by atoms with Crippen LogP contribution < -0.4 is 15.0 Å². The standard InChI is InChI=1S/C36H34F3N5O2/c1-2-25-28(37)6-3-19-10-24(45)11-26(30(19)25)31-29(38)12-27-33(32(31)39)41-35(42-34(27)44-15-22-4-5-23(16-44)40-22)46-18-36(7-8-36)17-43-13-20-9-21(20)14-43/h1,3,6,10-12,20-23,40,45H,4-5,7-9,13-18H2. The maximum Gasteiger partial charge on any atom is 0.319 e. The lowest BCUT2D eigenvalue weighted by Gasteiger charge is -2.34. The van der Waals surface area contributed by atoms with Gasteiger partial charge in [0, 0.05) is 66.6 Å². The molecular weight excluding hydrogens is 591 g/mol. The molecule has 4 heterocycles. The maximum absolute atomic E-state index is 16.9. The first-order chi connectivity index (χ1) is 22.3. The molecular formula is C36H34F3N5O2. The SMILES string of the molecule is C#Cc1c(F)ccc2cc(O)cc(-c3c(F)cc4c(N5CC6CCC(C5)N6)nc(OCC5(CN6CC7CC7C6)CC5)nc4c3F)c12. The Morgan fingerprint density at radius 3 is 2.48 bits per heavy atom. The van der Waals surface area contributed by atoms with Crippen molar-refractivity contribution < 1.29 is 23.0 Å². The molecule has 46 heavy (non-hydrogen) atoms. The van der Waals surface area contributed by atoms with Crippen molar-refractivity contribution in [3.63, 3.8) is 0 Å². The maximum atomic E-state index is 16.9. The number of benzene rings is 3. The summed E-state index contributed by atoms with van der Waals surface area (Å²) in [5.41, 5.74) is -0.700. The molecule has 9 rings (SSSR count). The Bertz CT molecular complexity index is 1950. The van der Waals surface area contributed by atoms with E-state index >= 15 is 8.78 Å². The van der Waals surface area contributed by atoms with Crippen LogP contribution in [-0.4, -0.2) is 71.4 Å². The van der Waals surface area contributed by atoms with E-state index in [0.717, 1.165) is 57.2 Å². The van der Waals surface area contributed by atoms with Crippen molar-refractivity contribution in [2.45, 2.75) is 44.2 Å². The quantitative estimate of drug-likeness (QED) is 0.259. The fourth-order valence-corrected chi connectivity index (χ4v) is 8.29. The van der Waals surface area contributed by atoms with Gasteiger partial charge in [0.2, 0.25) is 0 Å². The number of halogens is 3. The van der Waals surface area contributed by atoms with Gasteiger partial charge in [-0.15, -0.1) is 6.42 Å². The largest absolute Gasteiger partial charge is 0.508 e. The number of piperidine rings is 1. The van der Waals surface area contributed by atoms with E-state index in [4.69, 9.17) is 16.1 Å². The number of hydrogen-bond acceptors (Lipinski definition) is 7. The molecule has 2 N–H and O–H groups in total. The number of terminal acetylenes is 1. The van der Waals surface area contributed by atoms with Gasteiger partial charge in [-0.1, -0.05) is 12.0 Å². The highest BCUT2D eigenvalue weighted by atomic mass is 19.1. The molecule has 2 saturated carbocycles. The van der Waals surface area contributed by atoms with Gasteiger partial charge in [-0.3, -0.25) is 0 Å². The van der Waals surface area contributed by atoms with Crippen LogP contribution in [0.25, 0.3) is 32.8 Å².